The van der Waals surface area contributed by atoms with Gasteiger partial charge in [-0.2, -0.15) is 8.78 Å². The lowest BCUT2D eigenvalue weighted by Crippen LogP contribution is -2.42. The van der Waals surface area contributed by atoms with Gasteiger partial charge < -0.3 is 15.8 Å². The molecule has 3 N–H and O–H groups in total. The van der Waals surface area contributed by atoms with E-state index in [9.17, 15) is 28.0 Å². The number of alkyl halides is 2. The minimum absolute atomic E-state index is 0.0447. The third-order valence-electron chi connectivity index (χ3n) is 5.66. The molecule has 1 saturated heterocycles. The highest BCUT2D eigenvalue weighted by molar-refractivity contribution is 6.35. The van der Waals surface area contributed by atoms with Gasteiger partial charge in [-0.25, -0.2) is 9.78 Å². The van der Waals surface area contributed by atoms with Gasteiger partial charge in [-0.05, 0) is 51.5 Å². The zero-order valence-electron chi connectivity index (χ0n) is 22.4. The van der Waals surface area contributed by atoms with Crippen molar-refractivity contribution >= 4 is 40.4 Å². The quantitative estimate of drug-likeness (QED) is 0.481. The van der Waals surface area contributed by atoms with Gasteiger partial charge in [0.1, 0.15) is 11.4 Å². The van der Waals surface area contributed by atoms with E-state index in [-0.39, 0.29) is 35.1 Å². The van der Waals surface area contributed by atoms with Crippen LogP contribution in [0.5, 0.6) is 0 Å². The molecule has 4 rings (SSSR count). The molecule has 0 unspecified atom stereocenters. The van der Waals surface area contributed by atoms with Crippen molar-refractivity contribution in [2.45, 2.75) is 58.2 Å². The molecule has 2 heterocycles. The highest BCUT2D eigenvalue weighted by Gasteiger charge is 2.42. The maximum atomic E-state index is 13.7. The molecule has 3 amide bonds. The Hall–Kier alpha value is -4.06. The van der Waals surface area contributed by atoms with Crippen molar-refractivity contribution in [3.05, 3.63) is 69.7 Å². The van der Waals surface area contributed by atoms with Crippen molar-refractivity contribution < 1.29 is 27.9 Å². The highest BCUT2D eigenvalue weighted by atomic mass is 35.5. The molecular weight excluding hydrogens is 548 g/mol. The highest BCUT2D eigenvalue weighted by Crippen LogP contribution is 2.34. The van der Waals surface area contributed by atoms with Crippen LogP contribution < -0.4 is 16.6 Å². The second kappa shape index (κ2) is 12.4. The van der Waals surface area contributed by atoms with Crippen LogP contribution in [0.1, 0.15) is 46.0 Å². The Morgan fingerprint density at radius 1 is 1.12 bits per heavy atom. The Labute approximate surface area is 234 Å². The van der Waals surface area contributed by atoms with Crippen LogP contribution in [0.4, 0.5) is 13.6 Å². The van der Waals surface area contributed by atoms with Crippen LogP contribution in [0.25, 0.3) is 16.6 Å². The molecule has 214 valence electrons. The molecule has 3 aromatic rings. The Balaban J connectivity index is 0.00000103. The van der Waals surface area contributed by atoms with Gasteiger partial charge in [-0.15, -0.1) is 0 Å². The average Bonchev–Trinajstić information content (AvgIpc) is 3.27. The molecule has 1 aromatic heterocycles. The van der Waals surface area contributed by atoms with E-state index >= 15 is 0 Å². The fourth-order valence-electron chi connectivity index (χ4n) is 4.23. The number of para-hydroxylation sites is 1. The van der Waals surface area contributed by atoms with Crippen LogP contribution in [0.2, 0.25) is 5.02 Å². The molecule has 0 spiro atoms. The number of halogens is 3. The van der Waals surface area contributed by atoms with Crippen molar-refractivity contribution in [3.63, 3.8) is 0 Å². The van der Waals surface area contributed by atoms with Gasteiger partial charge in [-0.3, -0.25) is 23.9 Å². The van der Waals surface area contributed by atoms with Crippen LogP contribution in [0, 0.1) is 0 Å². The van der Waals surface area contributed by atoms with Crippen molar-refractivity contribution in [2.24, 2.45) is 5.73 Å². The van der Waals surface area contributed by atoms with Gasteiger partial charge in [0.25, 0.3) is 11.5 Å². The van der Waals surface area contributed by atoms with Crippen molar-refractivity contribution in [1.82, 2.24) is 19.8 Å². The number of primary amides is 1. The van der Waals surface area contributed by atoms with Gasteiger partial charge in [-0.1, -0.05) is 35.9 Å². The van der Waals surface area contributed by atoms with E-state index in [1.54, 1.807) is 69.3 Å². The first-order chi connectivity index (χ1) is 18.7. The molecule has 10 nitrogen and oxygen atoms in total. The maximum absolute atomic E-state index is 13.7. The fraction of sp³-hybridized carbons (Fsp3) is 0.370. The molecule has 2 atom stereocenters. The van der Waals surface area contributed by atoms with Gasteiger partial charge in [0.2, 0.25) is 5.91 Å². The number of nitrogens with one attached hydrogen (secondary N) is 1. The summed E-state index contributed by atoms with van der Waals surface area (Å²) in [7, 11) is 0. The first-order valence-electron chi connectivity index (χ1n) is 12.3. The number of carbonyl (C=O) groups excluding carboxylic acids is 3. The predicted octanol–water partition coefficient (Wildman–Crippen LogP) is 3.96. The van der Waals surface area contributed by atoms with Crippen molar-refractivity contribution in [1.29, 1.82) is 0 Å². The summed E-state index contributed by atoms with van der Waals surface area (Å²) >= 11 is 6.34. The number of fused-ring (bicyclic) bond motifs is 1. The molecule has 1 aliphatic heterocycles. The van der Waals surface area contributed by atoms with E-state index in [4.69, 9.17) is 21.3 Å². The molecule has 0 aliphatic carbocycles. The average molecular weight is 578 g/mol. The molecule has 1 aliphatic rings. The molecule has 13 heteroatoms. The standard InChI is InChI=1S/C25H25ClF2N4O4.C2H5NO/c1-25(2,3)36-24(35)31-13-14(29-22(33)20(27)28)12-18(31)21-30-17-11-7-10-16(26)19(17)23(34)32(21)15-8-5-4-6-9-15;1-2(3)4/h4-11,14,18,20H,12-13H2,1-3H3,(H,29,33);1H3,(H2,3,4)/t14-,18+;/m1./s1. The van der Waals surface area contributed by atoms with Gasteiger partial charge in [0, 0.05) is 19.5 Å². The number of hydrogen-bond acceptors (Lipinski definition) is 6. The van der Waals surface area contributed by atoms with Crippen LogP contribution in [-0.4, -0.2) is 57.0 Å². The number of aromatic nitrogens is 2. The number of amides is 3. The van der Waals surface area contributed by atoms with E-state index in [0.29, 0.717) is 11.2 Å². The summed E-state index contributed by atoms with van der Waals surface area (Å²) in [6.45, 7) is 6.29. The third kappa shape index (κ3) is 7.32. The zero-order valence-corrected chi connectivity index (χ0v) is 23.1. The maximum Gasteiger partial charge on any atom is 0.410 e. The predicted molar refractivity (Wildman–Crippen MR) is 145 cm³/mol. The number of carbonyl (C=O) groups is 3. The molecule has 40 heavy (non-hydrogen) atoms. The Morgan fingerprint density at radius 3 is 2.33 bits per heavy atom. The molecular formula is C27H30ClF2N5O5. The second-order valence-corrected chi connectivity index (χ2v) is 10.5. The number of benzene rings is 2. The summed E-state index contributed by atoms with van der Waals surface area (Å²) in [5.74, 6) is -1.58. The molecule has 0 saturated carbocycles. The van der Waals surface area contributed by atoms with Crippen molar-refractivity contribution in [3.8, 4) is 5.69 Å². The lowest BCUT2D eigenvalue weighted by Gasteiger charge is -2.29. The first kappa shape index (κ1) is 30.5. The number of hydrogen-bond donors (Lipinski definition) is 2. The van der Waals surface area contributed by atoms with Crippen LogP contribution in [-0.2, 0) is 14.3 Å². The number of ether oxygens (including phenoxy) is 1. The van der Waals surface area contributed by atoms with Gasteiger partial charge in [0.15, 0.2) is 0 Å². The van der Waals surface area contributed by atoms with E-state index < -0.39 is 41.7 Å². The van der Waals surface area contributed by atoms with E-state index in [1.807, 2.05) is 0 Å². The minimum Gasteiger partial charge on any atom is -0.444 e. The summed E-state index contributed by atoms with van der Waals surface area (Å²) in [5, 5.41) is 2.70. The van der Waals surface area contributed by atoms with Gasteiger partial charge >= 0.3 is 12.5 Å². The van der Waals surface area contributed by atoms with Crippen LogP contribution in [0.15, 0.2) is 53.3 Å². The molecule has 1 fully saturated rings. The van der Waals surface area contributed by atoms with Crippen LogP contribution in [0.3, 0.4) is 0 Å². The van der Waals surface area contributed by atoms with Gasteiger partial charge in [0.05, 0.1) is 27.7 Å². The number of likely N-dealkylation sites (tertiary alicyclic amines) is 1. The normalized spacial score (nSPS) is 16.9. The first-order valence-corrected chi connectivity index (χ1v) is 12.7. The summed E-state index contributed by atoms with van der Waals surface area (Å²) in [6.07, 6.45) is -3.88. The summed E-state index contributed by atoms with van der Waals surface area (Å²) in [6, 6.07) is 11.9. The molecule has 0 radical (unpaired) electrons. The molecule has 0 bridgehead atoms. The second-order valence-electron chi connectivity index (χ2n) is 10.1. The third-order valence-corrected chi connectivity index (χ3v) is 5.97. The minimum atomic E-state index is -3.21. The van der Waals surface area contributed by atoms with Crippen LogP contribution >= 0.6 is 11.6 Å². The smallest absolute Gasteiger partial charge is 0.410 e. The number of nitrogens with zero attached hydrogens (tertiary/aromatic N) is 3. The van der Waals surface area contributed by atoms with E-state index in [0.717, 1.165) is 0 Å². The monoisotopic (exact) mass is 577 g/mol. The SMILES string of the molecule is CC(C)(C)OC(=O)N1C[C@H](NC(=O)C(F)F)C[C@H]1c1nc2cccc(Cl)c2c(=O)n1-c1ccccc1.CC(N)=O. The number of rotatable bonds is 4. The van der Waals surface area contributed by atoms with Crippen molar-refractivity contribution in [2.75, 3.05) is 6.54 Å². The largest absolute Gasteiger partial charge is 0.444 e. The topological polar surface area (TPSA) is 137 Å². The lowest BCUT2D eigenvalue weighted by atomic mass is 10.1. The Kier molecular flexibility index (Phi) is 9.46. The van der Waals surface area contributed by atoms with E-state index in [1.165, 1.54) is 16.4 Å². The Bertz CT molecular complexity index is 1460. The molecule has 2 aromatic carbocycles. The van der Waals surface area contributed by atoms with E-state index in [2.05, 4.69) is 11.1 Å². The fourth-order valence-corrected chi connectivity index (χ4v) is 4.48. The lowest BCUT2D eigenvalue weighted by molar-refractivity contribution is -0.132. The number of nitrogens with two attached hydrogens (primary N) is 1. The summed E-state index contributed by atoms with van der Waals surface area (Å²) in [5.41, 5.74) is 3.99. The zero-order chi connectivity index (χ0) is 29.8. The Morgan fingerprint density at radius 2 is 1.75 bits per heavy atom. The summed E-state index contributed by atoms with van der Waals surface area (Å²) in [4.78, 5) is 53.8. The summed E-state index contributed by atoms with van der Waals surface area (Å²) < 4.78 is 32.8.